The minimum absolute atomic E-state index is 0.0350. The molecule has 0 atom stereocenters. The van der Waals surface area contributed by atoms with Crippen molar-refractivity contribution in [2.45, 2.75) is 6.42 Å². The Morgan fingerprint density at radius 3 is 2.71 bits per heavy atom. The number of amides is 1. The summed E-state index contributed by atoms with van der Waals surface area (Å²) in [5.41, 5.74) is 0.371. The molecule has 17 heavy (non-hydrogen) atoms. The van der Waals surface area contributed by atoms with Crippen LogP contribution in [0, 0.1) is 5.82 Å². The molecule has 0 saturated heterocycles. The standard InChI is InChI=1S/C11H7BrFNO3/c12-8-5-6(13)4-7-9(8)14(2-1-3-15)11(17)10(7)16/h3-5H,1-2H2. The van der Waals surface area contributed by atoms with Gasteiger partial charge in [-0.1, -0.05) is 0 Å². The first-order valence-corrected chi connectivity index (χ1v) is 5.64. The number of benzene rings is 1. The lowest BCUT2D eigenvalue weighted by Crippen LogP contribution is -2.31. The minimum Gasteiger partial charge on any atom is -0.303 e. The first kappa shape index (κ1) is 11.9. The Morgan fingerprint density at radius 2 is 2.06 bits per heavy atom. The summed E-state index contributed by atoms with van der Waals surface area (Å²) in [5.74, 6) is -2.06. The lowest BCUT2D eigenvalue weighted by molar-refractivity contribution is -0.114. The molecule has 1 heterocycles. The Bertz CT molecular complexity index is 530. The maximum absolute atomic E-state index is 13.1. The summed E-state index contributed by atoms with van der Waals surface area (Å²) < 4.78 is 13.5. The van der Waals surface area contributed by atoms with Gasteiger partial charge in [0.15, 0.2) is 0 Å². The number of ketones is 1. The minimum atomic E-state index is -0.744. The number of carbonyl (C=O) groups is 3. The predicted molar refractivity (Wildman–Crippen MR) is 61.5 cm³/mol. The maximum Gasteiger partial charge on any atom is 0.299 e. The molecule has 0 bridgehead atoms. The van der Waals surface area contributed by atoms with Gasteiger partial charge in [0, 0.05) is 17.4 Å². The number of fused-ring (bicyclic) bond motifs is 1. The van der Waals surface area contributed by atoms with Gasteiger partial charge in [0.25, 0.3) is 11.7 Å². The number of hydrogen-bond donors (Lipinski definition) is 0. The van der Waals surface area contributed by atoms with Crippen molar-refractivity contribution in [3.05, 3.63) is 28.0 Å². The quantitative estimate of drug-likeness (QED) is 0.631. The van der Waals surface area contributed by atoms with Crippen LogP contribution >= 0.6 is 15.9 Å². The molecule has 1 aromatic rings. The van der Waals surface area contributed by atoms with Crippen molar-refractivity contribution >= 4 is 39.6 Å². The Labute approximate surface area is 105 Å². The van der Waals surface area contributed by atoms with Crippen molar-refractivity contribution in [3.8, 4) is 0 Å². The van der Waals surface area contributed by atoms with E-state index in [-0.39, 0.29) is 18.5 Å². The van der Waals surface area contributed by atoms with Crippen LogP contribution in [0.5, 0.6) is 0 Å². The van der Waals surface area contributed by atoms with Crippen LogP contribution in [0.3, 0.4) is 0 Å². The molecule has 0 aromatic heterocycles. The lowest BCUT2D eigenvalue weighted by atomic mass is 10.1. The number of aldehydes is 1. The predicted octanol–water partition coefficient (Wildman–Crippen LogP) is 1.71. The van der Waals surface area contributed by atoms with E-state index in [0.29, 0.717) is 16.4 Å². The molecule has 0 unspecified atom stereocenters. The Hall–Kier alpha value is -1.56. The Kier molecular flexibility index (Phi) is 3.06. The molecule has 0 fully saturated rings. The van der Waals surface area contributed by atoms with Crippen LogP contribution in [0.1, 0.15) is 16.8 Å². The molecule has 1 aliphatic rings. The first-order valence-electron chi connectivity index (χ1n) is 4.85. The summed E-state index contributed by atoms with van der Waals surface area (Å²) >= 11 is 3.11. The van der Waals surface area contributed by atoms with E-state index in [1.165, 1.54) is 11.0 Å². The molecule has 1 aliphatic heterocycles. The average molecular weight is 300 g/mol. The van der Waals surface area contributed by atoms with Crippen molar-refractivity contribution < 1.29 is 18.8 Å². The third-order valence-electron chi connectivity index (χ3n) is 2.45. The largest absolute Gasteiger partial charge is 0.303 e. The SMILES string of the molecule is O=CCCN1C(=O)C(=O)c2cc(F)cc(Br)c21. The fourth-order valence-corrected chi connectivity index (χ4v) is 2.39. The summed E-state index contributed by atoms with van der Waals surface area (Å²) in [5, 5.41) is 0. The van der Waals surface area contributed by atoms with E-state index in [1.807, 2.05) is 0 Å². The van der Waals surface area contributed by atoms with Gasteiger partial charge in [-0.15, -0.1) is 0 Å². The summed E-state index contributed by atoms with van der Waals surface area (Å²) in [6.07, 6.45) is 0.787. The molecule has 0 saturated carbocycles. The smallest absolute Gasteiger partial charge is 0.299 e. The zero-order chi connectivity index (χ0) is 12.6. The highest BCUT2D eigenvalue weighted by Crippen LogP contribution is 2.36. The topological polar surface area (TPSA) is 54.5 Å². The Balaban J connectivity index is 2.52. The van der Waals surface area contributed by atoms with Crippen LogP contribution in [0.4, 0.5) is 10.1 Å². The second-order valence-corrected chi connectivity index (χ2v) is 4.38. The molecule has 0 spiro atoms. The summed E-state index contributed by atoms with van der Waals surface area (Å²) in [6, 6.07) is 2.21. The average Bonchev–Trinajstić information content (AvgIpc) is 2.51. The second kappa shape index (κ2) is 4.37. The molecule has 0 N–H and O–H groups in total. The maximum atomic E-state index is 13.1. The summed E-state index contributed by atoms with van der Waals surface area (Å²) in [7, 11) is 0. The fraction of sp³-hybridized carbons (Fsp3) is 0.182. The third-order valence-corrected chi connectivity index (χ3v) is 3.06. The van der Waals surface area contributed by atoms with Crippen LogP contribution in [0.15, 0.2) is 16.6 Å². The van der Waals surface area contributed by atoms with Crippen molar-refractivity contribution in [1.29, 1.82) is 0 Å². The monoisotopic (exact) mass is 299 g/mol. The molecule has 6 heteroatoms. The van der Waals surface area contributed by atoms with E-state index in [4.69, 9.17) is 0 Å². The van der Waals surface area contributed by atoms with Gasteiger partial charge >= 0.3 is 0 Å². The zero-order valence-electron chi connectivity index (χ0n) is 8.57. The van der Waals surface area contributed by atoms with Gasteiger partial charge < -0.3 is 9.69 Å². The Morgan fingerprint density at radius 1 is 1.35 bits per heavy atom. The molecule has 1 amide bonds. The van der Waals surface area contributed by atoms with Crippen LogP contribution < -0.4 is 4.90 Å². The van der Waals surface area contributed by atoms with Gasteiger partial charge in [-0.25, -0.2) is 4.39 Å². The normalized spacial score (nSPS) is 14.1. The highest BCUT2D eigenvalue weighted by atomic mass is 79.9. The van der Waals surface area contributed by atoms with Crippen molar-refractivity contribution in [3.63, 3.8) is 0 Å². The van der Waals surface area contributed by atoms with Gasteiger partial charge in [-0.2, -0.15) is 0 Å². The third kappa shape index (κ3) is 1.88. The number of anilines is 1. The highest BCUT2D eigenvalue weighted by molar-refractivity contribution is 9.10. The van der Waals surface area contributed by atoms with E-state index in [9.17, 15) is 18.8 Å². The first-order chi connectivity index (χ1) is 8.06. The number of halogens is 2. The lowest BCUT2D eigenvalue weighted by Gasteiger charge is -2.16. The number of nitrogens with zero attached hydrogens (tertiary/aromatic N) is 1. The van der Waals surface area contributed by atoms with E-state index < -0.39 is 17.5 Å². The van der Waals surface area contributed by atoms with Crippen LogP contribution in [0.25, 0.3) is 0 Å². The van der Waals surface area contributed by atoms with Gasteiger partial charge in [0.1, 0.15) is 12.1 Å². The van der Waals surface area contributed by atoms with Gasteiger partial charge in [0.2, 0.25) is 0 Å². The van der Waals surface area contributed by atoms with E-state index in [1.54, 1.807) is 0 Å². The molecule has 2 rings (SSSR count). The van der Waals surface area contributed by atoms with Crippen LogP contribution in [-0.4, -0.2) is 24.5 Å². The molecule has 0 aliphatic carbocycles. The summed E-state index contributed by atoms with van der Waals surface area (Å²) in [6.45, 7) is 0.116. The van der Waals surface area contributed by atoms with Gasteiger partial charge in [0.05, 0.1) is 11.3 Å². The van der Waals surface area contributed by atoms with Crippen molar-refractivity contribution in [1.82, 2.24) is 0 Å². The molecule has 0 radical (unpaired) electrons. The number of carbonyl (C=O) groups excluding carboxylic acids is 3. The highest BCUT2D eigenvalue weighted by Gasteiger charge is 2.37. The van der Waals surface area contributed by atoms with E-state index >= 15 is 0 Å². The molecular formula is C11H7BrFNO3. The fourth-order valence-electron chi connectivity index (χ4n) is 1.75. The molecule has 1 aromatic carbocycles. The second-order valence-electron chi connectivity index (χ2n) is 3.53. The number of rotatable bonds is 3. The molecule has 88 valence electrons. The number of hydrogen-bond acceptors (Lipinski definition) is 3. The summed E-state index contributed by atoms with van der Waals surface area (Å²) in [4.78, 5) is 34.8. The van der Waals surface area contributed by atoms with Gasteiger partial charge in [-0.05, 0) is 28.1 Å². The molecule has 4 nitrogen and oxygen atoms in total. The zero-order valence-corrected chi connectivity index (χ0v) is 10.2. The van der Waals surface area contributed by atoms with E-state index in [0.717, 1.165) is 6.07 Å². The van der Waals surface area contributed by atoms with E-state index in [2.05, 4.69) is 15.9 Å². The van der Waals surface area contributed by atoms with Crippen molar-refractivity contribution in [2.75, 3.05) is 11.4 Å². The van der Waals surface area contributed by atoms with Crippen molar-refractivity contribution in [2.24, 2.45) is 0 Å². The number of Topliss-reactive ketones (excluding diaryl/α,β-unsaturated/α-hetero) is 1. The molecular weight excluding hydrogens is 293 g/mol. The van der Waals surface area contributed by atoms with Crippen LogP contribution in [0.2, 0.25) is 0 Å². The van der Waals surface area contributed by atoms with Crippen LogP contribution in [-0.2, 0) is 9.59 Å². The van der Waals surface area contributed by atoms with Gasteiger partial charge in [-0.3, -0.25) is 9.59 Å².